The average molecular weight is 394 g/mol. The highest BCUT2D eigenvalue weighted by molar-refractivity contribution is 6.30. The summed E-state index contributed by atoms with van der Waals surface area (Å²) in [6.45, 7) is 6.76. The van der Waals surface area contributed by atoms with Crippen LogP contribution in [0.2, 0.25) is 5.02 Å². The Labute approximate surface area is 165 Å². The molecule has 1 amide bonds. The summed E-state index contributed by atoms with van der Waals surface area (Å²) >= 11 is 6.09. The summed E-state index contributed by atoms with van der Waals surface area (Å²) < 4.78 is 0. The smallest absolute Gasteiger partial charge is 0.274 e. The van der Waals surface area contributed by atoms with Crippen LogP contribution in [0.15, 0.2) is 12.1 Å². The molecule has 1 saturated carbocycles. The molecule has 3 rings (SSSR count). The first-order valence-electron chi connectivity index (χ1n) is 9.83. The SMILES string of the molecule is Cc1c(CN2CCN(C(=O)C3CCCCC3)[C@@H](C)C2)cc(Cl)cc1[N+](=O)[O-]. The Kier molecular flexibility index (Phi) is 6.37. The van der Waals surface area contributed by atoms with Gasteiger partial charge in [-0.05, 0) is 38.3 Å². The molecular formula is C20H28ClN3O3. The van der Waals surface area contributed by atoms with Crippen molar-refractivity contribution in [2.75, 3.05) is 19.6 Å². The van der Waals surface area contributed by atoms with Gasteiger partial charge in [-0.25, -0.2) is 0 Å². The molecule has 0 unspecified atom stereocenters. The molecule has 6 nitrogen and oxygen atoms in total. The number of piperazine rings is 1. The Hall–Kier alpha value is -1.66. The summed E-state index contributed by atoms with van der Waals surface area (Å²) in [6.07, 6.45) is 5.63. The van der Waals surface area contributed by atoms with Gasteiger partial charge in [-0.2, -0.15) is 0 Å². The number of rotatable bonds is 4. The zero-order valence-corrected chi connectivity index (χ0v) is 16.9. The van der Waals surface area contributed by atoms with Gasteiger partial charge in [0, 0.05) is 54.8 Å². The van der Waals surface area contributed by atoms with E-state index in [1.54, 1.807) is 6.92 Å². The third-order valence-corrected chi connectivity index (χ3v) is 6.21. The first kappa shape index (κ1) is 20.1. The van der Waals surface area contributed by atoms with Gasteiger partial charge in [-0.15, -0.1) is 0 Å². The molecule has 1 aliphatic carbocycles. The highest BCUT2D eigenvalue weighted by Gasteiger charge is 2.32. The van der Waals surface area contributed by atoms with Crippen LogP contribution in [-0.2, 0) is 11.3 Å². The van der Waals surface area contributed by atoms with Crippen LogP contribution >= 0.6 is 11.6 Å². The second kappa shape index (κ2) is 8.57. The van der Waals surface area contributed by atoms with E-state index >= 15 is 0 Å². The van der Waals surface area contributed by atoms with Crippen molar-refractivity contribution in [3.05, 3.63) is 38.4 Å². The molecule has 1 aromatic rings. The molecule has 0 N–H and O–H groups in total. The second-order valence-corrected chi connectivity index (χ2v) is 8.35. The predicted octanol–water partition coefficient (Wildman–Crippen LogP) is 4.17. The fourth-order valence-electron chi connectivity index (χ4n) is 4.40. The van der Waals surface area contributed by atoms with Crippen LogP contribution in [0.4, 0.5) is 5.69 Å². The molecule has 27 heavy (non-hydrogen) atoms. The van der Waals surface area contributed by atoms with Gasteiger partial charge in [0.2, 0.25) is 5.91 Å². The molecule has 1 aromatic carbocycles. The predicted molar refractivity (Wildman–Crippen MR) is 106 cm³/mol. The molecule has 0 aromatic heterocycles. The van der Waals surface area contributed by atoms with Gasteiger partial charge in [-0.1, -0.05) is 30.9 Å². The minimum atomic E-state index is -0.381. The van der Waals surface area contributed by atoms with Gasteiger partial charge in [0.05, 0.1) is 4.92 Å². The van der Waals surface area contributed by atoms with Gasteiger partial charge >= 0.3 is 0 Å². The Morgan fingerprint density at radius 2 is 1.96 bits per heavy atom. The molecule has 1 saturated heterocycles. The lowest BCUT2D eigenvalue weighted by atomic mass is 9.87. The molecule has 1 heterocycles. The molecule has 148 valence electrons. The van der Waals surface area contributed by atoms with Gasteiger partial charge in [0.25, 0.3) is 5.69 Å². The van der Waals surface area contributed by atoms with Crippen molar-refractivity contribution >= 4 is 23.2 Å². The zero-order chi connectivity index (χ0) is 19.6. The third-order valence-electron chi connectivity index (χ3n) is 5.99. The number of carbonyl (C=O) groups is 1. The van der Waals surface area contributed by atoms with Crippen LogP contribution in [0.1, 0.15) is 50.2 Å². The van der Waals surface area contributed by atoms with Crippen LogP contribution in [-0.4, -0.2) is 46.3 Å². The van der Waals surface area contributed by atoms with Crippen molar-refractivity contribution in [2.45, 2.75) is 58.5 Å². The lowest BCUT2D eigenvalue weighted by Gasteiger charge is -2.42. The van der Waals surface area contributed by atoms with Crippen LogP contribution in [0.3, 0.4) is 0 Å². The van der Waals surface area contributed by atoms with Crippen LogP contribution < -0.4 is 0 Å². The molecule has 0 spiro atoms. The standard InChI is InChI=1S/C20H28ClN3O3/c1-14-12-22(8-9-23(14)20(25)16-6-4-3-5-7-16)13-17-10-18(21)11-19(15(17)2)24(26)27/h10-11,14,16H,3-9,12-13H2,1-2H3/t14-/m0/s1. The van der Waals surface area contributed by atoms with Crippen molar-refractivity contribution in [3.63, 3.8) is 0 Å². The number of nitro groups is 1. The molecule has 0 radical (unpaired) electrons. The first-order chi connectivity index (χ1) is 12.9. The van der Waals surface area contributed by atoms with E-state index in [2.05, 4.69) is 11.8 Å². The van der Waals surface area contributed by atoms with E-state index in [0.717, 1.165) is 50.9 Å². The molecule has 1 aliphatic heterocycles. The number of hydrogen-bond acceptors (Lipinski definition) is 4. The van der Waals surface area contributed by atoms with Gasteiger partial charge in [0.15, 0.2) is 0 Å². The molecule has 1 atom stereocenters. The van der Waals surface area contributed by atoms with E-state index in [9.17, 15) is 14.9 Å². The fraction of sp³-hybridized carbons (Fsp3) is 0.650. The summed E-state index contributed by atoms with van der Waals surface area (Å²) in [4.78, 5) is 28.0. The minimum Gasteiger partial charge on any atom is -0.337 e. The van der Waals surface area contributed by atoms with Crippen molar-refractivity contribution in [1.29, 1.82) is 0 Å². The maximum absolute atomic E-state index is 12.9. The average Bonchev–Trinajstić information content (AvgIpc) is 2.64. The largest absolute Gasteiger partial charge is 0.337 e. The van der Waals surface area contributed by atoms with Crippen LogP contribution in [0, 0.1) is 23.0 Å². The van der Waals surface area contributed by atoms with E-state index < -0.39 is 0 Å². The normalized spacial score (nSPS) is 22.0. The quantitative estimate of drug-likeness (QED) is 0.568. The van der Waals surface area contributed by atoms with Gasteiger partial charge in [0.1, 0.15) is 0 Å². The molecule has 2 fully saturated rings. The fourth-order valence-corrected chi connectivity index (χ4v) is 4.64. The monoisotopic (exact) mass is 393 g/mol. The highest BCUT2D eigenvalue weighted by atomic mass is 35.5. The number of carbonyl (C=O) groups excluding carboxylic acids is 1. The molecule has 0 bridgehead atoms. The summed E-state index contributed by atoms with van der Waals surface area (Å²) in [5.74, 6) is 0.516. The lowest BCUT2D eigenvalue weighted by Crippen LogP contribution is -2.55. The highest BCUT2D eigenvalue weighted by Crippen LogP contribution is 2.29. The number of hydrogen-bond donors (Lipinski definition) is 0. The van der Waals surface area contributed by atoms with Gasteiger partial charge in [-0.3, -0.25) is 19.8 Å². The van der Waals surface area contributed by atoms with E-state index in [1.165, 1.54) is 12.5 Å². The third kappa shape index (κ3) is 4.61. The molecule has 7 heteroatoms. The maximum atomic E-state index is 12.9. The Morgan fingerprint density at radius 3 is 2.59 bits per heavy atom. The van der Waals surface area contributed by atoms with Gasteiger partial charge < -0.3 is 4.90 Å². The Bertz CT molecular complexity index is 719. The number of halogens is 1. The van der Waals surface area contributed by atoms with Crippen molar-refractivity contribution < 1.29 is 9.72 Å². The first-order valence-corrected chi connectivity index (χ1v) is 10.2. The molecular weight excluding hydrogens is 366 g/mol. The van der Waals surface area contributed by atoms with E-state index in [4.69, 9.17) is 11.6 Å². The summed E-state index contributed by atoms with van der Waals surface area (Å²) in [5, 5.41) is 11.6. The van der Waals surface area contributed by atoms with Crippen molar-refractivity contribution in [1.82, 2.24) is 9.80 Å². The summed E-state index contributed by atoms with van der Waals surface area (Å²) in [7, 11) is 0. The van der Waals surface area contributed by atoms with Crippen molar-refractivity contribution in [2.24, 2.45) is 5.92 Å². The number of amides is 1. The lowest BCUT2D eigenvalue weighted by molar-refractivity contribution is -0.385. The van der Waals surface area contributed by atoms with Crippen LogP contribution in [0.25, 0.3) is 0 Å². The van der Waals surface area contributed by atoms with E-state index in [-0.39, 0.29) is 22.6 Å². The molecule has 2 aliphatic rings. The zero-order valence-electron chi connectivity index (χ0n) is 16.1. The second-order valence-electron chi connectivity index (χ2n) is 7.92. The number of nitro benzene ring substituents is 1. The number of nitrogens with zero attached hydrogens (tertiary/aromatic N) is 3. The van der Waals surface area contributed by atoms with E-state index in [0.29, 0.717) is 23.0 Å². The topological polar surface area (TPSA) is 66.7 Å². The Balaban J connectivity index is 1.65. The number of benzene rings is 1. The van der Waals surface area contributed by atoms with Crippen molar-refractivity contribution in [3.8, 4) is 0 Å². The minimum absolute atomic E-state index is 0.0664. The Morgan fingerprint density at radius 1 is 1.26 bits per heavy atom. The maximum Gasteiger partial charge on any atom is 0.274 e. The summed E-state index contributed by atoms with van der Waals surface area (Å²) in [6, 6.07) is 3.38. The summed E-state index contributed by atoms with van der Waals surface area (Å²) in [5.41, 5.74) is 1.61. The van der Waals surface area contributed by atoms with E-state index in [1.807, 2.05) is 11.0 Å². The van der Waals surface area contributed by atoms with Crippen LogP contribution in [0.5, 0.6) is 0 Å².